The molecule has 2 saturated heterocycles. The number of nitrogens with zero attached hydrogens (tertiary/aromatic N) is 2. The van der Waals surface area contributed by atoms with E-state index in [0.29, 0.717) is 19.6 Å². The fraction of sp³-hybridized carbons (Fsp3) is 0.600. The molecule has 0 saturated carbocycles. The molecule has 2 fully saturated rings. The van der Waals surface area contributed by atoms with Crippen LogP contribution in [0, 0.1) is 0 Å². The molecule has 0 N–H and O–H groups in total. The van der Waals surface area contributed by atoms with Crippen molar-refractivity contribution in [3.05, 3.63) is 35.9 Å². The lowest BCUT2D eigenvalue weighted by Gasteiger charge is -2.34. The van der Waals surface area contributed by atoms with Gasteiger partial charge in [-0.3, -0.25) is 0 Å². The summed E-state index contributed by atoms with van der Waals surface area (Å²) in [5.74, 6) is 0. The standard InChI is InChI=1S/C20H28N2O4/c1-19(2,3)26-17(23)21-13-11-20(15-21)10-7-12-22(20)18(24)25-14-16-8-5-4-6-9-16/h4-6,8-9H,7,10-15H2,1-3H3. The van der Waals surface area contributed by atoms with E-state index >= 15 is 0 Å². The van der Waals surface area contributed by atoms with Crippen LogP contribution < -0.4 is 0 Å². The molecule has 0 bridgehead atoms. The van der Waals surface area contributed by atoms with Crippen molar-refractivity contribution in [2.24, 2.45) is 0 Å². The minimum Gasteiger partial charge on any atom is -0.445 e. The van der Waals surface area contributed by atoms with Crippen LogP contribution in [0.5, 0.6) is 0 Å². The van der Waals surface area contributed by atoms with Crippen LogP contribution in [-0.2, 0) is 16.1 Å². The SMILES string of the molecule is CC(C)(C)OC(=O)N1CCC2(CCCN2C(=O)OCc2ccccc2)C1. The number of rotatable bonds is 2. The number of hydrogen-bond donors (Lipinski definition) is 0. The number of benzene rings is 1. The van der Waals surface area contributed by atoms with E-state index in [9.17, 15) is 9.59 Å². The molecule has 2 aliphatic heterocycles. The first kappa shape index (κ1) is 18.5. The van der Waals surface area contributed by atoms with Gasteiger partial charge in [0.1, 0.15) is 12.2 Å². The summed E-state index contributed by atoms with van der Waals surface area (Å²) in [4.78, 5) is 28.5. The van der Waals surface area contributed by atoms with E-state index in [1.807, 2.05) is 56.0 Å². The van der Waals surface area contributed by atoms with Crippen molar-refractivity contribution in [1.82, 2.24) is 9.80 Å². The highest BCUT2D eigenvalue weighted by molar-refractivity contribution is 5.71. The molecule has 3 rings (SSSR count). The van der Waals surface area contributed by atoms with Crippen molar-refractivity contribution in [3.8, 4) is 0 Å². The summed E-state index contributed by atoms with van der Waals surface area (Å²) < 4.78 is 11.0. The maximum Gasteiger partial charge on any atom is 0.410 e. The zero-order chi connectivity index (χ0) is 18.8. The number of carbonyl (C=O) groups is 2. The van der Waals surface area contributed by atoms with Gasteiger partial charge in [0.15, 0.2) is 0 Å². The Morgan fingerprint density at radius 1 is 1.08 bits per heavy atom. The molecule has 0 aromatic heterocycles. The summed E-state index contributed by atoms with van der Waals surface area (Å²) in [6.07, 6.45) is 2.00. The lowest BCUT2D eigenvalue weighted by molar-refractivity contribution is 0.0244. The Morgan fingerprint density at radius 2 is 1.81 bits per heavy atom. The Hall–Kier alpha value is -2.24. The van der Waals surface area contributed by atoms with Crippen LogP contribution in [-0.4, -0.2) is 52.8 Å². The molecule has 2 aliphatic rings. The summed E-state index contributed by atoms with van der Waals surface area (Å²) in [6, 6.07) is 9.66. The minimum absolute atomic E-state index is 0.266. The molecule has 142 valence electrons. The fourth-order valence-corrected chi connectivity index (χ4v) is 3.78. The summed E-state index contributed by atoms with van der Waals surface area (Å²) in [6.45, 7) is 7.65. The van der Waals surface area contributed by atoms with Gasteiger partial charge in [0.05, 0.1) is 5.54 Å². The lowest BCUT2D eigenvalue weighted by atomic mass is 9.95. The molecular weight excluding hydrogens is 332 g/mol. The van der Waals surface area contributed by atoms with Gasteiger partial charge in [-0.05, 0) is 45.6 Å². The van der Waals surface area contributed by atoms with Gasteiger partial charge in [-0.1, -0.05) is 30.3 Å². The first-order chi connectivity index (χ1) is 12.3. The molecular formula is C20H28N2O4. The van der Waals surface area contributed by atoms with Gasteiger partial charge in [0.25, 0.3) is 0 Å². The van der Waals surface area contributed by atoms with Gasteiger partial charge >= 0.3 is 12.2 Å². The smallest absolute Gasteiger partial charge is 0.410 e. The van der Waals surface area contributed by atoms with Gasteiger partial charge in [-0.2, -0.15) is 0 Å². The maximum atomic E-state index is 12.7. The Morgan fingerprint density at radius 3 is 2.50 bits per heavy atom. The van der Waals surface area contributed by atoms with E-state index in [1.165, 1.54) is 0 Å². The predicted molar refractivity (Wildman–Crippen MR) is 97.7 cm³/mol. The highest BCUT2D eigenvalue weighted by Gasteiger charge is 2.50. The van der Waals surface area contributed by atoms with E-state index in [2.05, 4.69) is 0 Å². The van der Waals surface area contributed by atoms with Crippen LogP contribution in [0.15, 0.2) is 30.3 Å². The summed E-state index contributed by atoms with van der Waals surface area (Å²) in [5.41, 5.74) is 0.137. The van der Waals surface area contributed by atoms with Gasteiger partial charge in [-0.25, -0.2) is 9.59 Å². The number of likely N-dealkylation sites (tertiary alicyclic amines) is 2. The topological polar surface area (TPSA) is 59.1 Å². The van der Waals surface area contributed by atoms with Crippen LogP contribution in [0.25, 0.3) is 0 Å². The molecule has 1 aromatic rings. The Labute approximate surface area is 155 Å². The number of carbonyl (C=O) groups excluding carboxylic acids is 2. The van der Waals surface area contributed by atoms with Crippen molar-refractivity contribution < 1.29 is 19.1 Å². The molecule has 2 amide bonds. The van der Waals surface area contributed by atoms with E-state index < -0.39 is 5.60 Å². The van der Waals surface area contributed by atoms with Crippen molar-refractivity contribution in [3.63, 3.8) is 0 Å². The molecule has 0 aliphatic carbocycles. The zero-order valence-electron chi connectivity index (χ0n) is 15.9. The minimum atomic E-state index is -0.517. The van der Waals surface area contributed by atoms with Crippen molar-refractivity contribution >= 4 is 12.2 Å². The quantitative estimate of drug-likeness (QED) is 0.805. The second kappa shape index (κ2) is 7.17. The van der Waals surface area contributed by atoms with E-state index in [1.54, 1.807) is 4.90 Å². The molecule has 6 heteroatoms. The summed E-state index contributed by atoms with van der Waals surface area (Å²) in [5, 5.41) is 0. The number of amides is 2. The normalized spacial score (nSPS) is 22.7. The van der Waals surface area contributed by atoms with Gasteiger partial charge in [-0.15, -0.1) is 0 Å². The molecule has 6 nitrogen and oxygen atoms in total. The number of ether oxygens (including phenoxy) is 2. The molecule has 1 atom stereocenters. The van der Waals surface area contributed by atoms with Crippen LogP contribution in [0.2, 0.25) is 0 Å². The average Bonchev–Trinajstić information content (AvgIpc) is 3.20. The van der Waals surface area contributed by atoms with Crippen molar-refractivity contribution in [2.45, 2.75) is 57.8 Å². The second-order valence-electron chi connectivity index (χ2n) is 8.17. The zero-order valence-corrected chi connectivity index (χ0v) is 15.9. The van der Waals surface area contributed by atoms with Crippen LogP contribution in [0.3, 0.4) is 0 Å². The number of hydrogen-bond acceptors (Lipinski definition) is 4. The van der Waals surface area contributed by atoms with Crippen LogP contribution in [0.1, 0.15) is 45.6 Å². The molecule has 0 radical (unpaired) electrons. The average molecular weight is 360 g/mol. The largest absolute Gasteiger partial charge is 0.445 e. The van der Waals surface area contributed by atoms with E-state index in [-0.39, 0.29) is 24.3 Å². The Bertz CT molecular complexity index is 656. The second-order valence-corrected chi connectivity index (χ2v) is 8.17. The van der Waals surface area contributed by atoms with Crippen LogP contribution in [0.4, 0.5) is 9.59 Å². The molecule has 2 heterocycles. The van der Waals surface area contributed by atoms with Crippen molar-refractivity contribution in [2.75, 3.05) is 19.6 Å². The monoisotopic (exact) mass is 360 g/mol. The fourth-order valence-electron chi connectivity index (χ4n) is 3.78. The highest BCUT2D eigenvalue weighted by atomic mass is 16.6. The molecule has 1 spiro atoms. The van der Waals surface area contributed by atoms with E-state index in [0.717, 1.165) is 24.8 Å². The Balaban J connectivity index is 1.60. The lowest BCUT2D eigenvalue weighted by Crippen LogP contribution is -2.50. The maximum absolute atomic E-state index is 12.7. The van der Waals surface area contributed by atoms with Gasteiger partial charge in [0.2, 0.25) is 0 Å². The predicted octanol–water partition coefficient (Wildman–Crippen LogP) is 3.80. The van der Waals surface area contributed by atoms with Gasteiger partial charge in [0, 0.05) is 19.6 Å². The third kappa shape index (κ3) is 4.11. The molecule has 1 aromatic carbocycles. The summed E-state index contributed by atoms with van der Waals surface area (Å²) in [7, 11) is 0. The highest BCUT2D eigenvalue weighted by Crippen LogP contribution is 2.38. The first-order valence-electron chi connectivity index (χ1n) is 9.25. The van der Waals surface area contributed by atoms with E-state index in [4.69, 9.17) is 9.47 Å². The van der Waals surface area contributed by atoms with Gasteiger partial charge < -0.3 is 19.3 Å². The molecule has 26 heavy (non-hydrogen) atoms. The third-order valence-electron chi connectivity index (χ3n) is 5.01. The Kier molecular flexibility index (Phi) is 5.12. The van der Waals surface area contributed by atoms with Crippen molar-refractivity contribution in [1.29, 1.82) is 0 Å². The molecule has 1 unspecified atom stereocenters. The first-order valence-corrected chi connectivity index (χ1v) is 9.25. The third-order valence-corrected chi connectivity index (χ3v) is 5.01. The summed E-state index contributed by atoms with van der Waals surface area (Å²) >= 11 is 0. The van der Waals surface area contributed by atoms with Crippen LogP contribution >= 0.6 is 0 Å².